The molecular weight excluding hydrogens is 430 g/mol. The van der Waals surface area contributed by atoms with Crippen LogP contribution < -0.4 is 10.9 Å². The number of halogens is 1. The van der Waals surface area contributed by atoms with E-state index in [4.69, 9.17) is 11.6 Å². The van der Waals surface area contributed by atoms with Gasteiger partial charge in [0.1, 0.15) is 11.4 Å². The first kappa shape index (κ1) is 21.3. The summed E-state index contributed by atoms with van der Waals surface area (Å²) in [6.45, 7) is 6.01. The summed E-state index contributed by atoms with van der Waals surface area (Å²) < 4.78 is 1.36. The van der Waals surface area contributed by atoms with Gasteiger partial charge >= 0.3 is 0 Å². The van der Waals surface area contributed by atoms with Crippen molar-refractivity contribution in [1.29, 1.82) is 0 Å². The summed E-state index contributed by atoms with van der Waals surface area (Å²) in [5.41, 5.74) is 3.33. The van der Waals surface area contributed by atoms with E-state index in [2.05, 4.69) is 24.1 Å². The molecule has 0 aliphatic carbocycles. The highest BCUT2D eigenvalue weighted by atomic mass is 35.5. The van der Waals surface area contributed by atoms with Crippen molar-refractivity contribution in [3.8, 4) is 11.1 Å². The first-order chi connectivity index (χ1) is 14.8. The quantitative estimate of drug-likeness (QED) is 0.414. The van der Waals surface area contributed by atoms with Gasteiger partial charge in [0.25, 0.3) is 5.56 Å². The Kier molecular flexibility index (Phi) is 5.94. The maximum atomic E-state index is 13.3. The second kappa shape index (κ2) is 8.65. The van der Waals surface area contributed by atoms with E-state index >= 15 is 0 Å². The number of rotatable bonds is 5. The lowest BCUT2D eigenvalue weighted by atomic mass is 10.0. The van der Waals surface area contributed by atoms with Gasteiger partial charge < -0.3 is 5.32 Å². The fraction of sp³-hybridized carbons (Fsp3) is 0.208. The molecule has 31 heavy (non-hydrogen) atoms. The molecule has 0 aliphatic rings. The molecule has 4 rings (SSSR count). The number of nitrogens with one attached hydrogen (secondary N) is 1. The third-order valence-corrected chi connectivity index (χ3v) is 6.42. The number of amides is 1. The molecule has 158 valence electrons. The normalized spacial score (nSPS) is 11.3. The van der Waals surface area contributed by atoms with Crippen molar-refractivity contribution in [3.05, 3.63) is 80.7 Å². The third kappa shape index (κ3) is 4.27. The van der Waals surface area contributed by atoms with Gasteiger partial charge in [-0.05, 0) is 42.2 Å². The van der Waals surface area contributed by atoms with Crippen molar-refractivity contribution in [2.24, 2.45) is 0 Å². The Morgan fingerprint density at radius 3 is 2.58 bits per heavy atom. The second-order valence-corrected chi connectivity index (χ2v) is 9.33. The number of hydrogen-bond acceptors (Lipinski definition) is 4. The first-order valence-electron chi connectivity index (χ1n) is 9.98. The maximum absolute atomic E-state index is 13.3. The Morgan fingerprint density at radius 1 is 1.16 bits per heavy atom. The summed E-state index contributed by atoms with van der Waals surface area (Å²) >= 11 is 7.49. The van der Waals surface area contributed by atoms with Crippen molar-refractivity contribution in [1.82, 2.24) is 9.55 Å². The highest BCUT2D eigenvalue weighted by molar-refractivity contribution is 7.19. The smallest absolute Gasteiger partial charge is 0.263 e. The summed E-state index contributed by atoms with van der Waals surface area (Å²) in [4.78, 5) is 32.1. The molecule has 0 aliphatic heterocycles. The number of para-hydroxylation sites is 1. The number of anilines is 1. The molecule has 0 fully saturated rings. The number of hydrogen-bond donors (Lipinski definition) is 1. The van der Waals surface area contributed by atoms with E-state index in [1.54, 1.807) is 12.1 Å². The molecule has 4 aromatic rings. The Labute approximate surface area is 189 Å². The number of carbonyl (C=O) groups is 1. The van der Waals surface area contributed by atoms with Gasteiger partial charge in [-0.1, -0.05) is 55.8 Å². The van der Waals surface area contributed by atoms with E-state index in [-0.39, 0.29) is 23.9 Å². The first-order valence-corrected chi connectivity index (χ1v) is 11.2. The van der Waals surface area contributed by atoms with Gasteiger partial charge in [-0.25, -0.2) is 4.98 Å². The molecule has 1 N–H and O–H groups in total. The van der Waals surface area contributed by atoms with Gasteiger partial charge in [0.2, 0.25) is 5.91 Å². The molecule has 0 saturated heterocycles. The highest BCUT2D eigenvalue weighted by Crippen LogP contribution is 2.35. The van der Waals surface area contributed by atoms with Crippen molar-refractivity contribution >= 4 is 44.7 Å². The molecule has 7 heteroatoms. The number of benzene rings is 2. The number of nitrogens with zero attached hydrogens (tertiary/aromatic N) is 2. The van der Waals surface area contributed by atoms with Crippen molar-refractivity contribution in [2.75, 3.05) is 5.32 Å². The summed E-state index contributed by atoms with van der Waals surface area (Å²) in [7, 11) is 0. The zero-order valence-corrected chi connectivity index (χ0v) is 19.1. The van der Waals surface area contributed by atoms with Crippen LogP contribution in [0, 0.1) is 6.92 Å². The standard InChI is InChI=1S/C24H22ClN3O2S/c1-14(2)18-6-4-5-7-19(18)27-20(29)12-28-13-26-23-22(24(28)30)21(15(3)31-23)16-8-10-17(25)11-9-16/h4-11,13-14H,12H2,1-3H3,(H,27,29). The molecular formula is C24H22ClN3O2S. The van der Waals surface area contributed by atoms with Gasteiger partial charge in [-0.2, -0.15) is 0 Å². The van der Waals surface area contributed by atoms with Gasteiger partial charge in [-0.15, -0.1) is 11.3 Å². The molecule has 0 saturated carbocycles. The van der Waals surface area contributed by atoms with Crippen LogP contribution in [0.1, 0.15) is 30.2 Å². The van der Waals surface area contributed by atoms with E-state index in [1.807, 2.05) is 43.3 Å². The number of fused-ring (bicyclic) bond motifs is 1. The fourth-order valence-corrected chi connectivity index (χ4v) is 4.80. The van der Waals surface area contributed by atoms with Gasteiger partial charge in [0, 0.05) is 21.2 Å². The molecule has 5 nitrogen and oxygen atoms in total. The van der Waals surface area contributed by atoms with Gasteiger partial charge in [0.05, 0.1) is 11.7 Å². The molecule has 0 spiro atoms. The van der Waals surface area contributed by atoms with Crippen molar-refractivity contribution in [2.45, 2.75) is 33.2 Å². The minimum absolute atomic E-state index is 0.108. The maximum Gasteiger partial charge on any atom is 0.263 e. The lowest BCUT2D eigenvalue weighted by Gasteiger charge is -2.14. The van der Waals surface area contributed by atoms with Crippen molar-refractivity contribution in [3.63, 3.8) is 0 Å². The molecule has 0 atom stereocenters. The Hall–Kier alpha value is -2.96. The van der Waals surface area contributed by atoms with Crippen LogP contribution in [0.25, 0.3) is 21.3 Å². The Morgan fingerprint density at radius 2 is 1.87 bits per heavy atom. The van der Waals surface area contributed by atoms with Crippen LogP contribution in [-0.2, 0) is 11.3 Å². The summed E-state index contributed by atoms with van der Waals surface area (Å²) in [6, 6.07) is 15.1. The average Bonchev–Trinajstić information content (AvgIpc) is 3.07. The van der Waals surface area contributed by atoms with E-state index in [0.29, 0.717) is 15.2 Å². The van der Waals surface area contributed by atoms with Crippen LogP contribution in [0.3, 0.4) is 0 Å². The molecule has 0 radical (unpaired) electrons. The zero-order valence-electron chi connectivity index (χ0n) is 17.5. The molecule has 2 aromatic heterocycles. The van der Waals surface area contributed by atoms with Gasteiger partial charge in [-0.3, -0.25) is 14.2 Å². The SMILES string of the molecule is Cc1sc2ncn(CC(=O)Nc3ccccc3C(C)C)c(=O)c2c1-c1ccc(Cl)cc1. The minimum Gasteiger partial charge on any atom is -0.324 e. The largest absolute Gasteiger partial charge is 0.324 e. The molecule has 1 amide bonds. The van der Waals surface area contributed by atoms with Crippen LogP contribution >= 0.6 is 22.9 Å². The zero-order chi connectivity index (χ0) is 22.1. The molecule has 2 aromatic carbocycles. The second-order valence-electron chi connectivity index (χ2n) is 7.69. The summed E-state index contributed by atoms with van der Waals surface area (Å²) in [5, 5.41) is 4.10. The van der Waals surface area contributed by atoms with E-state index in [0.717, 1.165) is 27.3 Å². The minimum atomic E-state index is -0.267. The number of carbonyl (C=O) groups excluding carboxylic acids is 1. The Balaban J connectivity index is 1.69. The number of aryl methyl sites for hydroxylation is 1. The molecule has 0 bridgehead atoms. The van der Waals surface area contributed by atoms with Crippen LogP contribution in [-0.4, -0.2) is 15.5 Å². The summed E-state index contributed by atoms with van der Waals surface area (Å²) in [5.74, 6) is 0.00398. The molecule has 0 unspecified atom stereocenters. The summed E-state index contributed by atoms with van der Waals surface area (Å²) in [6.07, 6.45) is 1.44. The third-order valence-electron chi connectivity index (χ3n) is 5.16. The Bertz CT molecular complexity index is 1320. The highest BCUT2D eigenvalue weighted by Gasteiger charge is 2.18. The van der Waals surface area contributed by atoms with Crippen molar-refractivity contribution < 1.29 is 4.79 Å². The lowest BCUT2D eigenvalue weighted by molar-refractivity contribution is -0.116. The molecule has 2 heterocycles. The topological polar surface area (TPSA) is 64.0 Å². The number of thiophene rings is 1. The van der Waals surface area contributed by atoms with Crippen LogP contribution in [0.4, 0.5) is 5.69 Å². The van der Waals surface area contributed by atoms with Crippen LogP contribution in [0.5, 0.6) is 0 Å². The fourth-order valence-electron chi connectivity index (χ4n) is 3.67. The predicted octanol–water partition coefficient (Wildman–Crippen LogP) is 5.85. The number of aromatic nitrogens is 2. The van der Waals surface area contributed by atoms with E-state index in [1.165, 1.54) is 22.2 Å². The lowest BCUT2D eigenvalue weighted by Crippen LogP contribution is -2.28. The van der Waals surface area contributed by atoms with E-state index < -0.39 is 0 Å². The average molecular weight is 452 g/mol. The van der Waals surface area contributed by atoms with Gasteiger partial charge in [0.15, 0.2) is 0 Å². The van der Waals surface area contributed by atoms with Crippen LogP contribution in [0.15, 0.2) is 59.7 Å². The predicted molar refractivity (Wildman–Crippen MR) is 128 cm³/mol. The van der Waals surface area contributed by atoms with Crippen LogP contribution in [0.2, 0.25) is 5.02 Å². The monoisotopic (exact) mass is 451 g/mol. The van der Waals surface area contributed by atoms with E-state index in [9.17, 15) is 9.59 Å².